The van der Waals surface area contributed by atoms with Crippen LogP contribution in [0.4, 0.5) is 5.82 Å². The third kappa shape index (κ3) is 4.86. The number of Topliss-reactive ketones (excluding diaryl/α,β-unsaturated/α-hetero) is 1. The largest absolute Gasteiger partial charge is 0.477 e. The van der Waals surface area contributed by atoms with E-state index in [0.29, 0.717) is 24.8 Å². The van der Waals surface area contributed by atoms with Crippen LogP contribution in [-0.4, -0.2) is 45.4 Å². The van der Waals surface area contributed by atoms with Crippen LogP contribution < -0.4 is 5.32 Å². The van der Waals surface area contributed by atoms with Gasteiger partial charge in [0.2, 0.25) is 0 Å². The van der Waals surface area contributed by atoms with Crippen molar-refractivity contribution < 1.29 is 19.4 Å². The van der Waals surface area contributed by atoms with E-state index in [4.69, 9.17) is 4.74 Å². The predicted octanol–water partition coefficient (Wildman–Crippen LogP) is 4.60. The summed E-state index contributed by atoms with van der Waals surface area (Å²) >= 11 is 0. The Kier molecular flexibility index (Phi) is 6.24. The highest BCUT2D eigenvalue weighted by molar-refractivity contribution is 5.93. The van der Waals surface area contributed by atoms with Crippen molar-refractivity contribution in [3.05, 3.63) is 17.8 Å². The molecule has 4 rings (SSSR count). The van der Waals surface area contributed by atoms with Crippen LogP contribution in [0.15, 0.2) is 12.3 Å². The molecule has 2 fully saturated rings. The number of nitrogens with one attached hydrogen (secondary N) is 1. The minimum atomic E-state index is -1.02. The topological polar surface area (TPSA) is 93.5 Å². The van der Waals surface area contributed by atoms with Gasteiger partial charge in [-0.05, 0) is 49.9 Å². The lowest BCUT2D eigenvalue weighted by molar-refractivity contribution is -0.133. The molecule has 1 saturated heterocycles. The maximum absolute atomic E-state index is 13.1. The summed E-state index contributed by atoms with van der Waals surface area (Å²) in [5.41, 5.74) is 1.43. The standard InChI is InChI=1S/C24H35N3O4/c1-15-4-6-16(7-5-15)20(28)21-19(10-13-31-21)25-22-18(23(29)30)14-27(26-22)17-8-11-24(2,3)12-9-17/h8,14-16,19,21H,4-7,9-13H2,1-3H3,(H,25,26)(H,29,30). The molecule has 1 aliphatic heterocycles. The Hall–Kier alpha value is -2.15. The lowest BCUT2D eigenvalue weighted by atomic mass is 9.79. The minimum Gasteiger partial charge on any atom is -0.477 e. The van der Waals surface area contributed by atoms with Gasteiger partial charge in [-0.15, -0.1) is 5.10 Å². The number of ether oxygens (including phenoxy) is 1. The Morgan fingerprint density at radius 1 is 1.23 bits per heavy atom. The number of nitrogens with zero attached hydrogens (tertiary/aromatic N) is 2. The van der Waals surface area contributed by atoms with E-state index in [0.717, 1.165) is 50.6 Å². The van der Waals surface area contributed by atoms with Gasteiger partial charge >= 0.3 is 5.97 Å². The molecule has 0 amide bonds. The normalized spacial score (nSPS) is 30.6. The molecule has 2 heterocycles. The fourth-order valence-corrected chi connectivity index (χ4v) is 5.03. The molecule has 0 bridgehead atoms. The molecule has 0 spiro atoms. The van der Waals surface area contributed by atoms with Crippen LogP contribution in [0.2, 0.25) is 0 Å². The first kappa shape index (κ1) is 22.1. The number of carbonyl (C=O) groups is 2. The van der Waals surface area contributed by atoms with Crippen LogP contribution in [0, 0.1) is 17.3 Å². The van der Waals surface area contributed by atoms with Crippen molar-refractivity contribution in [2.45, 2.75) is 84.3 Å². The van der Waals surface area contributed by atoms with Crippen LogP contribution in [0.25, 0.3) is 5.70 Å². The Morgan fingerprint density at radius 3 is 2.61 bits per heavy atom. The van der Waals surface area contributed by atoms with E-state index in [1.807, 2.05) is 0 Å². The minimum absolute atomic E-state index is 0.0517. The maximum Gasteiger partial charge on any atom is 0.341 e. The predicted molar refractivity (Wildman–Crippen MR) is 119 cm³/mol. The van der Waals surface area contributed by atoms with Gasteiger partial charge in [-0.3, -0.25) is 4.79 Å². The summed E-state index contributed by atoms with van der Waals surface area (Å²) in [5.74, 6) is 0.202. The molecule has 1 saturated carbocycles. The van der Waals surface area contributed by atoms with Crippen molar-refractivity contribution in [3.8, 4) is 0 Å². The SMILES string of the molecule is CC1CCC(C(=O)C2OCCC2Nc2nn(C3=CCC(C)(C)CC3)cc2C(=O)O)CC1. The van der Waals surface area contributed by atoms with E-state index in [1.165, 1.54) is 0 Å². The van der Waals surface area contributed by atoms with Crippen LogP contribution in [0.1, 0.15) is 82.5 Å². The smallest absolute Gasteiger partial charge is 0.341 e. The quantitative estimate of drug-likeness (QED) is 0.687. The Bertz CT molecular complexity index is 864. The number of ketones is 1. The number of carboxylic acids is 1. The molecule has 1 aromatic heterocycles. The van der Waals surface area contributed by atoms with Crippen LogP contribution in [-0.2, 0) is 9.53 Å². The van der Waals surface area contributed by atoms with Gasteiger partial charge < -0.3 is 15.2 Å². The summed E-state index contributed by atoms with van der Waals surface area (Å²) in [6, 6.07) is -0.243. The average Bonchev–Trinajstić information content (AvgIpc) is 3.36. The van der Waals surface area contributed by atoms with Crippen molar-refractivity contribution in [1.29, 1.82) is 0 Å². The summed E-state index contributed by atoms with van der Waals surface area (Å²) in [6.07, 6.45) is 10.7. The number of hydrogen-bond donors (Lipinski definition) is 2. The maximum atomic E-state index is 13.1. The number of hydrogen-bond acceptors (Lipinski definition) is 5. The summed E-state index contributed by atoms with van der Waals surface area (Å²) in [4.78, 5) is 25.0. The lowest BCUT2D eigenvalue weighted by Crippen LogP contribution is -2.40. The fourth-order valence-electron chi connectivity index (χ4n) is 5.03. The highest BCUT2D eigenvalue weighted by Crippen LogP contribution is 2.36. The number of aromatic carboxylic acids is 1. The zero-order valence-electron chi connectivity index (χ0n) is 18.9. The molecule has 170 valence electrons. The van der Waals surface area contributed by atoms with Gasteiger partial charge in [-0.1, -0.05) is 39.7 Å². The molecular weight excluding hydrogens is 394 g/mol. The first-order valence-corrected chi connectivity index (χ1v) is 11.7. The van der Waals surface area contributed by atoms with Gasteiger partial charge in [0.15, 0.2) is 11.6 Å². The van der Waals surface area contributed by atoms with E-state index in [1.54, 1.807) is 10.9 Å². The average molecular weight is 430 g/mol. The van der Waals surface area contributed by atoms with E-state index >= 15 is 0 Å². The number of carboxylic acid groups (broad SMARTS) is 1. The van der Waals surface area contributed by atoms with Gasteiger partial charge in [0.1, 0.15) is 11.7 Å². The van der Waals surface area contributed by atoms with Crippen LogP contribution in [0.3, 0.4) is 0 Å². The molecular formula is C24H35N3O4. The van der Waals surface area contributed by atoms with Crippen molar-refractivity contribution >= 4 is 23.3 Å². The second kappa shape index (κ2) is 8.77. The molecule has 2 atom stereocenters. The number of rotatable bonds is 6. The highest BCUT2D eigenvalue weighted by Gasteiger charge is 2.39. The van der Waals surface area contributed by atoms with E-state index in [-0.39, 0.29) is 28.7 Å². The van der Waals surface area contributed by atoms with Gasteiger partial charge in [0.05, 0.1) is 6.04 Å². The summed E-state index contributed by atoms with van der Waals surface area (Å²) in [6.45, 7) is 7.22. The third-order valence-electron chi connectivity index (χ3n) is 7.30. The molecule has 0 radical (unpaired) electrons. The van der Waals surface area contributed by atoms with Crippen LogP contribution >= 0.6 is 0 Å². The monoisotopic (exact) mass is 429 g/mol. The molecule has 1 aromatic rings. The van der Waals surface area contributed by atoms with Gasteiger partial charge in [0, 0.05) is 24.4 Å². The molecule has 2 unspecified atom stereocenters. The van der Waals surface area contributed by atoms with Gasteiger partial charge in [-0.2, -0.15) is 0 Å². The van der Waals surface area contributed by atoms with Gasteiger partial charge in [0.25, 0.3) is 0 Å². The lowest BCUT2D eigenvalue weighted by Gasteiger charge is -2.29. The third-order valence-corrected chi connectivity index (χ3v) is 7.30. The van der Waals surface area contributed by atoms with Crippen molar-refractivity contribution in [1.82, 2.24) is 9.78 Å². The Morgan fingerprint density at radius 2 is 1.97 bits per heavy atom. The highest BCUT2D eigenvalue weighted by atomic mass is 16.5. The number of anilines is 1. The van der Waals surface area contributed by atoms with Crippen molar-refractivity contribution in [2.75, 3.05) is 11.9 Å². The molecule has 3 aliphatic rings. The van der Waals surface area contributed by atoms with Gasteiger partial charge in [-0.25, -0.2) is 9.48 Å². The molecule has 7 heteroatoms. The van der Waals surface area contributed by atoms with E-state index in [2.05, 4.69) is 37.3 Å². The zero-order valence-corrected chi connectivity index (χ0v) is 18.9. The number of allylic oxidation sites excluding steroid dienone is 2. The number of carbonyl (C=O) groups excluding carboxylic acids is 1. The Labute approximate surface area is 184 Å². The summed E-state index contributed by atoms with van der Waals surface area (Å²) in [5, 5.41) is 17.6. The van der Waals surface area contributed by atoms with Crippen molar-refractivity contribution in [3.63, 3.8) is 0 Å². The van der Waals surface area contributed by atoms with Crippen LogP contribution in [0.5, 0.6) is 0 Å². The molecule has 31 heavy (non-hydrogen) atoms. The Balaban J connectivity index is 1.50. The molecule has 2 aliphatic carbocycles. The second-order valence-corrected chi connectivity index (χ2v) is 10.4. The fraction of sp³-hybridized carbons (Fsp3) is 0.708. The van der Waals surface area contributed by atoms with E-state index < -0.39 is 12.1 Å². The summed E-state index contributed by atoms with van der Waals surface area (Å²) in [7, 11) is 0. The molecule has 2 N–H and O–H groups in total. The van der Waals surface area contributed by atoms with E-state index in [9.17, 15) is 14.7 Å². The number of aromatic nitrogens is 2. The first-order chi connectivity index (χ1) is 14.7. The second-order valence-electron chi connectivity index (χ2n) is 10.4. The summed E-state index contributed by atoms with van der Waals surface area (Å²) < 4.78 is 7.51. The molecule has 0 aromatic carbocycles. The zero-order chi connectivity index (χ0) is 22.2. The first-order valence-electron chi connectivity index (χ1n) is 11.7. The van der Waals surface area contributed by atoms with Crippen molar-refractivity contribution in [2.24, 2.45) is 17.3 Å². The molecule has 7 nitrogen and oxygen atoms in total.